The van der Waals surface area contributed by atoms with Crippen molar-refractivity contribution in [3.05, 3.63) is 0 Å². The molecule has 0 aromatic heterocycles. The van der Waals surface area contributed by atoms with E-state index in [1.807, 2.05) is 0 Å². The van der Waals surface area contributed by atoms with Gasteiger partial charge in [0.05, 0.1) is 6.54 Å². The summed E-state index contributed by atoms with van der Waals surface area (Å²) in [5.41, 5.74) is 5.76. The lowest BCUT2D eigenvalue weighted by Gasteiger charge is -2.22. The zero-order chi connectivity index (χ0) is 8.55. The van der Waals surface area contributed by atoms with Gasteiger partial charge in [-0.1, -0.05) is 0 Å². The Morgan fingerprint density at radius 1 is 1.67 bits per heavy atom. The van der Waals surface area contributed by atoms with E-state index in [0.29, 0.717) is 0 Å². The minimum Gasteiger partial charge on any atom is -0.357 e. The van der Waals surface area contributed by atoms with Crippen LogP contribution in [-0.4, -0.2) is 36.4 Å². The molecule has 0 bridgehead atoms. The van der Waals surface area contributed by atoms with E-state index < -0.39 is 0 Å². The Kier molecular flexibility index (Phi) is 2.05. The highest BCUT2D eigenvalue weighted by molar-refractivity contribution is 5.88. The molecular formula is C9H17N3. The minimum atomic E-state index is 0.270. The van der Waals surface area contributed by atoms with Gasteiger partial charge in [0.1, 0.15) is 5.84 Å². The molecule has 1 saturated carbocycles. The molecule has 0 aromatic rings. The van der Waals surface area contributed by atoms with Crippen LogP contribution in [0.3, 0.4) is 0 Å². The van der Waals surface area contributed by atoms with Crippen LogP contribution >= 0.6 is 0 Å². The lowest BCUT2D eigenvalue weighted by Crippen LogP contribution is -2.38. The summed E-state index contributed by atoms with van der Waals surface area (Å²) in [7, 11) is 0. The molecule has 0 amide bonds. The maximum atomic E-state index is 5.76. The van der Waals surface area contributed by atoms with Gasteiger partial charge in [-0.3, -0.25) is 4.99 Å². The van der Waals surface area contributed by atoms with Gasteiger partial charge in [-0.2, -0.15) is 0 Å². The third-order valence-corrected chi connectivity index (χ3v) is 2.42. The molecule has 1 aliphatic heterocycles. The van der Waals surface area contributed by atoms with Crippen LogP contribution in [0, 0.1) is 5.92 Å². The molecule has 0 saturated heterocycles. The molecule has 2 N–H and O–H groups in total. The van der Waals surface area contributed by atoms with Crippen LogP contribution in [0.5, 0.6) is 0 Å². The highest BCUT2D eigenvalue weighted by Crippen LogP contribution is 2.33. The van der Waals surface area contributed by atoms with Crippen LogP contribution in [0.25, 0.3) is 0 Å². The zero-order valence-corrected chi connectivity index (χ0v) is 7.66. The number of amidine groups is 1. The van der Waals surface area contributed by atoms with Gasteiger partial charge in [0.2, 0.25) is 0 Å². The second kappa shape index (κ2) is 3.05. The Balaban J connectivity index is 1.92. The van der Waals surface area contributed by atoms with Crippen molar-refractivity contribution < 1.29 is 0 Å². The van der Waals surface area contributed by atoms with Gasteiger partial charge in [-0.05, 0) is 19.8 Å². The fraction of sp³-hybridized carbons (Fsp3) is 0.889. The summed E-state index contributed by atoms with van der Waals surface area (Å²) < 4.78 is 0. The topological polar surface area (TPSA) is 41.6 Å². The first-order valence-electron chi connectivity index (χ1n) is 4.82. The third-order valence-electron chi connectivity index (χ3n) is 2.42. The summed E-state index contributed by atoms with van der Waals surface area (Å²) in [6.45, 7) is 5.12. The predicted octanol–water partition coefficient (Wildman–Crippen LogP) is 0.458. The van der Waals surface area contributed by atoms with Crippen LogP contribution in [0.4, 0.5) is 0 Å². The number of rotatable bonds is 3. The average molecular weight is 167 g/mol. The molecule has 1 aliphatic carbocycles. The molecule has 3 heteroatoms. The second-order valence-electron chi connectivity index (χ2n) is 3.94. The molecule has 2 rings (SSSR count). The molecule has 1 unspecified atom stereocenters. The lowest BCUT2D eigenvalue weighted by atomic mass is 10.3. The largest absolute Gasteiger partial charge is 0.357 e. The van der Waals surface area contributed by atoms with Gasteiger partial charge < -0.3 is 10.6 Å². The molecule has 0 aromatic carbocycles. The second-order valence-corrected chi connectivity index (χ2v) is 3.94. The van der Waals surface area contributed by atoms with E-state index in [2.05, 4.69) is 16.8 Å². The highest BCUT2D eigenvalue weighted by atomic mass is 15.2. The normalized spacial score (nSPS) is 25.8. The summed E-state index contributed by atoms with van der Waals surface area (Å²) in [6.07, 6.45) is 2.68. The third kappa shape index (κ3) is 1.61. The Morgan fingerprint density at radius 2 is 2.42 bits per heavy atom. The lowest BCUT2D eigenvalue weighted by molar-refractivity contribution is 0.417. The summed E-state index contributed by atoms with van der Waals surface area (Å²) in [5.74, 6) is 2.12. The molecule has 0 radical (unpaired) electrons. The Hall–Kier alpha value is -0.570. The first-order chi connectivity index (χ1) is 5.77. The van der Waals surface area contributed by atoms with Gasteiger partial charge in [-0.25, -0.2) is 0 Å². The van der Waals surface area contributed by atoms with Gasteiger partial charge in [0.25, 0.3) is 0 Å². The summed E-state index contributed by atoms with van der Waals surface area (Å²) in [4.78, 5) is 6.88. The maximum absolute atomic E-state index is 5.76. The molecule has 0 spiro atoms. The molecule has 1 fully saturated rings. The molecular weight excluding hydrogens is 150 g/mol. The number of nitrogens with two attached hydrogens (primary N) is 1. The van der Waals surface area contributed by atoms with Gasteiger partial charge in [0, 0.05) is 25.0 Å². The molecule has 2 aliphatic rings. The summed E-state index contributed by atoms with van der Waals surface area (Å²) >= 11 is 0. The van der Waals surface area contributed by atoms with Gasteiger partial charge >= 0.3 is 0 Å². The predicted molar refractivity (Wildman–Crippen MR) is 50.2 cm³/mol. The van der Waals surface area contributed by atoms with Crippen molar-refractivity contribution in [2.75, 3.05) is 19.6 Å². The first-order valence-corrected chi connectivity index (χ1v) is 4.82. The Bertz CT molecular complexity index is 194. The van der Waals surface area contributed by atoms with Crippen molar-refractivity contribution in [2.45, 2.75) is 25.8 Å². The molecule has 68 valence electrons. The minimum absolute atomic E-state index is 0.270. The number of hydrogen-bond donors (Lipinski definition) is 1. The van der Waals surface area contributed by atoms with Crippen LogP contribution < -0.4 is 5.73 Å². The molecule has 1 heterocycles. The molecule has 3 nitrogen and oxygen atoms in total. The average Bonchev–Trinajstić information content (AvgIpc) is 2.73. The monoisotopic (exact) mass is 167 g/mol. The van der Waals surface area contributed by atoms with E-state index >= 15 is 0 Å². The van der Waals surface area contributed by atoms with Crippen LogP contribution in [0.2, 0.25) is 0 Å². The van der Waals surface area contributed by atoms with Crippen molar-refractivity contribution in [1.82, 2.24) is 4.90 Å². The van der Waals surface area contributed by atoms with E-state index in [1.54, 1.807) is 0 Å². The zero-order valence-electron chi connectivity index (χ0n) is 7.66. The van der Waals surface area contributed by atoms with Crippen LogP contribution in [-0.2, 0) is 0 Å². The van der Waals surface area contributed by atoms with E-state index in [1.165, 1.54) is 18.7 Å². The van der Waals surface area contributed by atoms with Crippen LogP contribution in [0.1, 0.15) is 19.8 Å². The number of aliphatic imine (C=N–C) groups is 1. The highest BCUT2D eigenvalue weighted by Gasteiger charge is 2.33. The molecule has 12 heavy (non-hydrogen) atoms. The first kappa shape index (κ1) is 8.05. The van der Waals surface area contributed by atoms with Crippen molar-refractivity contribution in [3.63, 3.8) is 0 Å². The van der Waals surface area contributed by atoms with E-state index in [0.717, 1.165) is 25.6 Å². The summed E-state index contributed by atoms with van der Waals surface area (Å²) in [6, 6.07) is 0.270. The smallest absolute Gasteiger partial charge is 0.102 e. The van der Waals surface area contributed by atoms with Crippen molar-refractivity contribution in [2.24, 2.45) is 16.6 Å². The van der Waals surface area contributed by atoms with Crippen molar-refractivity contribution in [1.29, 1.82) is 0 Å². The fourth-order valence-corrected chi connectivity index (χ4v) is 1.76. The fourth-order valence-electron chi connectivity index (χ4n) is 1.76. The SMILES string of the molecule is CC(N)CN1CCN=C1C1CC1. The van der Waals surface area contributed by atoms with E-state index in [-0.39, 0.29) is 6.04 Å². The van der Waals surface area contributed by atoms with Gasteiger partial charge in [-0.15, -0.1) is 0 Å². The van der Waals surface area contributed by atoms with Crippen molar-refractivity contribution >= 4 is 5.84 Å². The number of hydrogen-bond acceptors (Lipinski definition) is 3. The quantitative estimate of drug-likeness (QED) is 0.663. The number of nitrogens with zero attached hydrogens (tertiary/aromatic N) is 2. The maximum Gasteiger partial charge on any atom is 0.102 e. The standard InChI is InChI=1S/C9H17N3/c1-7(10)6-12-5-4-11-9(12)8-2-3-8/h7-8H,2-6,10H2,1H3. The van der Waals surface area contributed by atoms with Crippen LogP contribution in [0.15, 0.2) is 4.99 Å². The van der Waals surface area contributed by atoms with Crippen molar-refractivity contribution in [3.8, 4) is 0 Å². The molecule has 1 atom stereocenters. The summed E-state index contributed by atoms with van der Waals surface area (Å²) in [5, 5.41) is 0. The Morgan fingerprint density at radius 3 is 3.00 bits per heavy atom. The van der Waals surface area contributed by atoms with E-state index in [9.17, 15) is 0 Å². The van der Waals surface area contributed by atoms with E-state index in [4.69, 9.17) is 5.73 Å². The Labute approximate surface area is 73.6 Å². The van der Waals surface area contributed by atoms with Gasteiger partial charge in [0.15, 0.2) is 0 Å².